The highest BCUT2D eigenvalue weighted by Gasteiger charge is 2.26. The Labute approximate surface area is 107 Å². The third kappa shape index (κ3) is 3.37. The number of hydrogen-bond acceptors (Lipinski definition) is 2. The van der Waals surface area contributed by atoms with Gasteiger partial charge in [-0.15, -0.1) is 11.6 Å². The number of phenols is 1. The number of rotatable bonds is 3. The van der Waals surface area contributed by atoms with Crippen LogP contribution < -0.4 is 5.32 Å². The van der Waals surface area contributed by atoms with Gasteiger partial charge in [-0.2, -0.15) is 0 Å². The second kappa shape index (κ2) is 4.96. The van der Waals surface area contributed by atoms with Crippen molar-refractivity contribution in [1.82, 2.24) is 5.32 Å². The van der Waals surface area contributed by atoms with Gasteiger partial charge in [0.1, 0.15) is 5.75 Å². The number of benzene rings is 1. The first-order valence-corrected chi connectivity index (χ1v) is 5.94. The Kier molecular flexibility index (Phi) is 4.04. The maximum atomic E-state index is 11.9. The molecule has 0 bridgehead atoms. The lowest BCUT2D eigenvalue weighted by Gasteiger charge is -2.29. The van der Waals surface area contributed by atoms with Gasteiger partial charge in [-0.1, -0.05) is 6.07 Å². The number of carbonyl (C=O) groups excluding carboxylic acids is 1. The van der Waals surface area contributed by atoms with E-state index in [9.17, 15) is 9.90 Å². The van der Waals surface area contributed by atoms with Gasteiger partial charge in [0.25, 0.3) is 5.91 Å². The molecule has 17 heavy (non-hydrogen) atoms. The average Bonchev–Trinajstić information content (AvgIpc) is 2.21. The molecule has 1 atom stereocenters. The number of carbonyl (C=O) groups is 1. The van der Waals surface area contributed by atoms with Crippen molar-refractivity contribution >= 4 is 17.5 Å². The van der Waals surface area contributed by atoms with E-state index in [-0.39, 0.29) is 17.0 Å². The highest BCUT2D eigenvalue weighted by atomic mass is 35.5. The van der Waals surface area contributed by atoms with E-state index in [1.807, 2.05) is 20.8 Å². The Hall–Kier alpha value is -1.22. The van der Waals surface area contributed by atoms with Crippen LogP contribution in [-0.2, 0) is 0 Å². The summed E-state index contributed by atoms with van der Waals surface area (Å²) in [4.78, 5) is 11.9. The highest BCUT2D eigenvalue weighted by Crippen LogP contribution is 2.19. The zero-order valence-corrected chi connectivity index (χ0v) is 11.3. The normalized spacial score (nSPS) is 13.2. The van der Waals surface area contributed by atoms with Gasteiger partial charge in [-0.05, 0) is 45.4 Å². The third-order valence-electron chi connectivity index (χ3n) is 2.90. The van der Waals surface area contributed by atoms with Gasteiger partial charge >= 0.3 is 0 Å². The smallest absolute Gasteiger partial charge is 0.251 e. The van der Waals surface area contributed by atoms with E-state index in [2.05, 4.69) is 5.32 Å². The quantitative estimate of drug-likeness (QED) is 0.816. The minimum Gasteiger partial charge on any atom is -0.508 e. The number of nitrogens with one attached hydrogen (secondary N) is 1. The Bertz CT molecular complexity index is 427. The molecule has 1 aromatic carbocycles. The second-order valence-corrected chi connectivity index (χ2v) is 5.45. The van der Waals surface area contributed by atoms with Crippen LogP contribution in [0.3, 0.4) is 0 Å². The van der Waals surface area contributed by atoms with Crippen molar-refractivity contribution in [3.05, 3.63) is 29.3 Å². The van der Waals surface area contributed by atoms with Crippen LogP contribution in [0.2, 0.25) is 0 Å². The average molecular weight is 256 g/mol. The first-order valence-electron chi connectivity index (χ1n) is 5.50. The van der Waals surface area contributed by atoms with Crippen molar-refractivity contribution in [3.8, 4) is 5.75 Å². The van der Waals surface area contributed by atoms with Crippen LogP contribution in [0.4, 0.5) is 0 Å². The molecule has 0 aliphatic heterocycles. The largest absolute Gasteiger partial charge is 0.508 e. The minimum absolute atomic E-state index is 0.120. The molecule has 0 saturated carbocycles. The zero-order valence-electron chi connectivity index (χ0n) is 10.5. The molecule has 0 aromatic heterocycles. The lowest BCUT2D eigenvalue weighted by molar-refractivity contribution is 0.0912. The molecular formula is C13H18ClNO2. The number of amides is 1. The molecule has 1 aromatic rings. The van der Waals surface area contributed by atoms with E-state index in [1.165, 1.54) is 6.07 Å². The van der Waals surface area contributed by atoms with E-state index in [0.717, 1.165) is 5.56 Å². The summed E-state index contributed by atoms with van der Waals surface area (Å²) in [6.45, 7) is 7.32. The Morgan fingerprint density at radius 2 is 2.06 bits per heavy atom. The van der Waals surface area contributed by atoms with Crippen LogP contribution in [0, 0.1) is 6.92 Å². The number of phenolic OH excluding ortho intramolecular Hbond substituents is 1. The lowest BCUT2D eigenvalue weighted by atomic mass is 10.0. The molecule has 0 radical (unpaired) electrons. The van der Waals surface area contributed by atoms with E-state index in [4.69, 9.17) is 11.6 Å². The third-order valence-corrected chi connectivity index (χ3v) is 3.45. The Balaban J connectivity index is 2.87. The van der Waals surface area contributed by atoms with Crippen LogP contribution in [-0.4, -0.2) is 21.9 Å². The summed E-state index contributed by atoms with van der Waals surface area (Å²) in [7, 11) is 0. The lowest BCUT2D eigenvalue weighted by Crippen LogP contribution is -2.49. The summed E-state index contributed by atoms with van der Waals surface area (Å²) in [5, 5.41) is 12.2. The minimum atomic E-state index is -0.501. The van der Waals surface area contributed by atoms with Crippen molar-refractivity contribution in [1.29, 1.82) is 0 Å². The molecule has 1 rings (SSSR count). The number of alkyl halides is 1. The van der Waals surface area contributed by atoms with Gasteiger partial charge in [-0.3, -0.25) is 4.79 Å². The molecule has 2 N–H and O–H groups in total. The summed E-state index contributed by atoms with van der Waals surface area (Å²) in [5.41, 5.74) is 0.670. The predicted octanol–water partition coefficient (Wildman–Crippen LogP) is 2.84. The van der Waals surface area contributed by atoms with Gasteiger partial charge in [0, 0.05) is 5.56 Å². The molecule has 94 valence electrons. The van der Waals surface area contributed by atoms with Gasteiger partial charge in [0.2, 0.25) is 0 Å². The fourth-order valence-electron chi connectivity index (χ4n) is 1.21. The highest BCUT2D eigenvalue weighted by molar-refractivity contribution is 6.21. The summed E-state index contributed by atoms with van der Waals surface area (Å²) in [6, 6.07) is 4.85. The summed E-state index contributed by atoms with van der Waals surface area (Å²) < 4.78 is 0. The van der Waals surface area contributed by atoms with Gasteiger partial charge in [0.05, 0.1) is 10.9 Å². The van der Waals surface area contributed by atoms with Crippen LogP contribution in [0.15, 0.2) is 18.2 Å². The first kappa shape index (κ1) is 13.8. The monoisotopic (exact) mass is 255 g/mol. The van der Waals surface area contributed by atoms with Gasteiger partial charge < -0.3 is 10.4 Å². The van der Waals surface area contributed by atoms with Gasteiger partial charge in [-0.25, -0.2) is 0 Å². The molecule has 0 fully saturated rings. The van der Waals surface area contributed by atoms with Crippen molar-refractivity contribution in [2.24, 2.45) is 0 Å². The molecule has 0 aliphatic rings. The van der Waals surface area contributed by atoms with E-state index < -0.39 is 5.54 Å². The molecule has 4 heteroatoms. The van der Waals surface area contributed by atoms with Crippen LogP contribution >= 0.6 is 11.6 Å². The van der Waals surface area contributed by atoms with Crippen molar-refractivity contribution in [2.45, 2.75) is 38.6 Å². The first-order chi connectivity index (χ1) is 7.74. The van der Waals surface area contributed by atoms with Crippen LogP contribution in [0.5, 0.6) is 5.75 Å². The number of hydrogen-bond donors (Lipinski definition) is 2. The maximum absolute atomic E-state index is 11.9. The molecular weight excluding hydrogens is 238 g/mol. The summed E-state index contributed by atoms with van der Waals surface area (Å²) >= 11 is 5.99. The maximum Gasteiger partial charge on any atom is 0.251 e. The molecule has 3 nitrogen and oxygen atoms in total. The predicted molar refractivity (Wildman–Crippen MR) is 69.7 cm³/mol. The Morgan fingerprint density at radius 3 is 2.53 bits per heavy atom. The van der Waals surface area contributed by atoms with Crippen molar-refractivity contribution in [2.75, 3.05) is 0 Å². The zero-order chi connectivity index (χ0) is 13.2. The molecule has 0 aliphatic carbocycles. The van der Waals surface area contributed by atoms with Crippen LogP contribution in [0.25, 0.3) is 0 Å². The fourth-order valence-corrected chi connectivity index (χ4v) is 1.27. The van der Waals surface area contributed by atoms with E-state index in [0.29, 0.717) is 5.56 Å². The topological polar surface area (TPSA) is 49.3 Å². The molecule has 1 unspecified atom stereocenters. The second-order valence-electron chi connectivity index (χ2n) is 4.79. The standard InChI is InChI=1S/C13H18ClNO2/c1-8-5-6-10(7-11(8)16)12(17)15-13(3,4)9(2)14/h5-7,9,16H,1-4H3,(H,15,17). The Morgan fingerprint density at radius 1 is 1.47 bits per heavy atom. The van der Waals surface area contributed by atoms with Crippen LogP contribution in [0.1, 0.15) is 36.7 Å². The molecule has 0 saturated heterocycles. The number of halogens is 1. The van der Waals surface area contributed by atoms with E-state index >= 15 is 0 Å². The SMILES string of the molecule is Cc1ccc(C(=O)NC(C)(C)C(C)Cl)cc1O. The van der Waals surface area contributed by atoms with Crippen molar-refractivity contribution < 1.29 is 9.90 Å². The molecule has 1 amide bonds. The number of aryl methyl sites for hydroxylation is 1. The molecule has 0 heterocycles. The fraction of sp³-hybridized carbons (Fsp3) is 0.462. The van der Waals surface area contributed by atoms with Gasteiger partial charge in [0.15, 0.2) is 0 Å². The molecule has 0 spiro atoms. The van der Waals surface area contributed by atoms with E-state index in [1.54, 1.807) is 19.1 Å². The summed E-state index contributed by atoms with van der Waals surface area (Å²) in [6.07, 6.45) is 0. The van der Waals surface area contributed by atoms with Crippen molar-refractivity contribution in [3.63, 3.8) is 0 Å². The number of aromatic hydroxyl groups is 1. The summed E-state index contributed by atoms with van der Waals surface area (Å²) in [5.74, 6) is -0.118.